The van der Waals surface area contributed by atoms with Gasteiger partial charge in [-0.1, -0.05) is 37.1 Å². The maximum Gasteiger partial charge on any atom is 0.138 e. The minimum absolute atomic E-state index is 0.0519. The Hall–Kier alpha value is -0.560. The van der Waals surface area contributed by atoms with Crippen LogP contribution in [0.5, 0.6) is 0 Å². The molecule has 0 amide bonds. The average molecular weight is 267 g/mol. The molecule has 2 aliphatic carbocycles. The number of carbonyl (C=O) groups excluding carboxylic acids is 1. The van der Waals surface area contributed by atoms with E-state index in [1.54, 1.807) is 0 Å². The third-order valence-corrected chi connectivity index (χ3v) is 4.81. The Bertz CT molecular complexity index is 381. The van der Waals surface area contributed by atoms with E-state index in [1.807, 2.05) is 0 Å². The quantitative estimate of drug-likeness (QED) is 0.688. The molecule has 1 atom stereocenters. The van der Waals surface area contributed by atoms with E-state index >= 15 is 0 Å². The highest BCUT2D eigenvalue weighted by Crippen LogP contribution is 2.38. The van der Waals surface area contributed by atoms with Crippen molar-refractivity contribution < 1.29 is 4.79 Å². The lowest BCUT2D eigenvalue weighted by atomic mass is 9.71. The topological polar surface area (TPSA) is 17.1 Å². The number of allylic oxidation sites excluding steroid dienone is 4. The molecule has 0 bridgehead atoms. The van der Waals surface area contributed by atoms with E-state index in [0.29, 0.717) is 5.78 Å². The van der Waals surface area contributed by atoms with Crippen LogP contribution in [-0.4, -0.2) is 5.78 Å². The Morgan fingerprint density at radius 1 is 1.28 bits per heavy atom. The van der Waals surface area contributed by atoms with E-state index < -0.39 is 0 Å². The lowest BCUT2D eigenvalue weighted by Gasteiger charge is -2.32. The van der Waals surface area contributed by atoms with E-state index in [1.165, 1.54) is 12.0 Å². The summed E-state index contributed by atoms with van der Waals surface area (Å²) in [5.74, 6) is 0.480. The van der Waals surface area contributed by atoms with Crippen LogP contribution in [0.15, 0.2) is 22.8 Å². The number of halogens is 1. The molecule has 1 unspecified atom stereocenters. The van der Waals surface area contributed by atoms with Gasteiger partial charge in [-0.3, -0.25) is 4.79 Å². The molecule has 1 nitrogen and oxygen atoms in total. The summed E-state index contributed by atoms with van der Waals surface area (Å²) in [5, 5.41) is 0.932. The van der Waals surface area contributed by atoms with Crippen molar-refractivity contribution in [3.8, 4) is 0 Å². The third kappa shape index (κ3) is 3.26. The Balaban J connectivity index is 1.83. The highest BCUT2D eigenvalue weighted by Gasteiger charge is 2.34. The fraction of sp³-hybridized carbons (Fsp3) is 0.688. The molecule has 0 aliphatic heterocycles. The van der Waals surface area contributed by atoms with Crippen LogP contribution in [0.2, 0.25) is 0 Å². The molecule has 0 heterocycles. The minimum Gasteiger partial charge on any atom is -0.299 e. The summed E-state index contributed by atoms with van der Waals surface area (Å²) in [7, 11) is 0. The zero-order valence-corrected chi connectivity index (χ0v) is 12.1. The molecule has 0 aromatic rings. The SMILES string of the molecule is CC1(CCCC2=CCCC=C2Cl)CCCCC1=O. The van der Waals surface area contributed by atoms with E-state index in [0.717, 1.165) is 56.4 Å². The molecule has 0 aromatic heterocycles. The van der Waals surface area contributed by atoms with Crippen molar-refractivity contribution in [1.29, 1.82) is 0 Å². The Labute approximate surface area is 115 Å². The fourth-order valence-electron chi connectivity index (χ4n) is 3.09. The molecular formula is C16H23ClO. The molecule has 0 spiro atoms. The van der Waals surface area contributed by atoms with Crippen molar-refractivity contribution in [1.82, 2.24) is 0 Å². The van der Waals surface area contributed by atoms with E-state index in [-0.39, 0.29) is 5.41 Å². The minimum atomic E-state index is -0.0519. The maximum atomic E-state index is 12.0. The number of Topliss-reactive ketones (excluding diaryl/α,β-unsaturated/α-hetero) is 1. The number of hydrogen-bond acceptors (Lipinski definition) is 1. The van der Waals surface area contributed by atoms with Gasteiger partial charge in [0.15, 0.2) is 0 Å². The summed E-state index contributed by atoms with van der Waals surface area (Å²) in [6, 6.07) is 0. The van der Waals surface area contributed by atoms with E-state index in [9.17, 15) is 4.79 Å². The van der Waals surface area contributed by atoms with Crippen molar-refractivity contribution in [2.45, 2.75) is 64.7 Å². The Kier molecular flexibility index (Phi) is 4.66. The summed E-state index contributed by atoms with van der Waals surface area (Å²) in [6.45, 7) is 2.15. The molecule has 0 saturated heterocycles. The Morgan fingerprint density at radius 3 is 2.78 bits per heavy atom. The first-order chi connectivity index (χ1) is 8.62. The fourth-order valence-corrected chi connectivity index (χ4v) is 3.37. The summed E-state index contributed by atoms with van der Waals surface area (Å²) < 4.78 is 0. The number of carbonyl (C=O) groups is 1. The lowest BCUT2D eigenvalue weighted by molar-refractivity contribution is -0.130. The summed E-state index contributed by atoms with van der Waals surface area (Å²) in [6.07, 6.45) is 13.9. The normalized spacial score (nSPS) is 28.9. The predicted octanol–water partition coefficient (Wildman–Crippen LogP) is 5.15. The first-order valence-electron chi connectivity index (χ1n) is 7.20. The average Bonchev–Trinajstić information content (AvgIpc) is 2.36. The first kappa shape index (κ1) is 13.9. The van der Waals surface area contributed by atoms with Crippen molar-refractivity contribution in [3.05, 3.63) is 22.8 Å². The molecule has 2 heteroatoms. The van der Waals surface area contributed by atoms with Crippen molar-refractivity contribution >= 4 is 17.4 Å². The first-order valence-corrected chi connectivity index (χ1v) is 7.58. The maximum absolute atomic E-state index is 12.0. The van der Waals surface area contributed by atoms with Crippen molar-refractivity contribution in [3.63, 3.8) is 0 Å². The van der Waals surface area contributed by atoms with Gasteiger partial charge in [-0.25, -0.2) is 0 Å². The molecule has 18 heavy (non-hydrogen) atoms. The molecule has 0 radical (unpaired) electrons. The van der Waals surface area contributed by atoms with Crippen molar-refractivity contribution in [2.24, 2.45) is 5.41 Å². The third-order valence-electron chi connectivity index (χ3n) is 4.42. The second-order valence-electron chi connectivity index (χ2n) is 5.90. The van der Waals surface area contributed by atoms with Gasteiger partial charge in [-0.2, -0.15) is 0 Å². The van der Waals surface area contributed by atoms with Crippen LogP contribution < -0.4 is 0 Å². The zero-order chi connectivity index (χ0) is 13.0. The molecular weight excluding hydrogens is 244 g/mol. The predicted molar refractivity (Wildman–Crippen MR) is 76.7 cm³/mol. The van der Waals surface area contributed by atoms with Gasteiger partial charge in [-0.15, -0.1) is 0 Å². The van der Waals surface area contributed by atoms with Gasteiger partial charge >= 0.3 is 0 Å². The van der Waals surface area contributed by atoms with Gasteiger partial charge in [-0.05, 0) is 50.5 Å². The van der Waals surface area contributed by atoms with Crippen LogP contribution >= 0.6 is 11.6 Å². The monoisotopic (exact) mass is 266 g/mol. The second kappa shape index (κ2) is 6.06. The van der Waals surface area contributed by atoms with Gasteiger partial charge in [0.25, 0.3) is 0 Å². The zero-order valence-electron chi connectivity index (χ0n) is 11.3. The molecule has 0 N–H and O–H groups in total. The van der Waals surface area contributed by atoms with Crippen LogP contribution in [0.3, 0.4) is 0 Å². The molecule has 2 rings (SSSR count). The summed E-state index contributed by atoms with van der Waals surface area (Å²) >= 11 is 6.19. The largest absolute Gasteiger partial charge is 0.299 e. The summed E-state index contributed by atoms with van der Waals surface area (Å²) in [4.78, 5) is 12.0. The van der Waals surface area contributed by atoms with Gasteiger partial charge < -0.3 is 0 Å². The van der Waals surface area contributed by atoms with Gasteiger partial charge in [0.05, 0.1) is 0 Å². The number of rotatable bonds is 4. The smallest absolute Gasteiger partial charge is 0.138 e. The van der Waals surface area contributed by atoms with Crippen LogP contribution in [0.4, 0.5) is 0 Å². The molecule has 1 fully saturated rings. The molecule has 100 valence electrons. The standard InChI is InChI=1S/C16H23ClO/c1-16(11-5-4-10-15(16)18)12-6-8-13-7-2-3-9-14(13)17/h7,9H,2-6,8,10-12H2,1H3. The lowest BCUT2D eigenvalue weighted by Crippen LogP contribution is -2.31. The van der Waals surface area contributed by atoms with E-state index in [2.05, 4.69) is 19.1 Å². The molecule has 0 aromatic carbocycles. The van der Waals surface area contributed by atoms with Crippen LogP contribution in [-0.2, 0) is 4.79 Å². The van der Waals surface area contributed by atoms with Gasteiger partial charge in [0.1, 0.15) is 5.78 Å². The van der Waals surface area contributed by atoms with Crippen LogP contribution in [0.1, 0.15) is 64.7 Å². The number of ketones is 1. The van der Waals surface area contributed by atoms with Gasteiger partial charge in [0, 0.05) is 16.9 Å². The van der Waals surface area contributed by atoms with Gasteiger partial charge in [0.2, 0.25) is 0 Å². The highest BCUT2D eigenvalue weighted by molar-refractivity contribution is 6.32. The van der Waals surface area contributed by atoms with E-state index in [4.69, 9.17) is 11.6 Å². The number of hydrogen-bond donors (Lipinski definition) is 0. The van der Waals surface area contributed by atoms with Crippen molar-refractivity contribution in [2.75, 3.05) is 0 Å². The highest BCUT2D eigenvalue weighted by atomic mass is 35.5. The molecule has 1 saturated carbocycles. The molecule has 2 aliphatic rings. The Morgan fingerprint density at radius 2 is 2.06 bits per heavy atom. The van der Waals surface area contributed by atoms with Crippen LogP contribution in [0, 0.1) is 5.41 Å². The van der Waals surface area contributed by atoms with Crippen LogP contribution in [0.25, 0.3) is 0 Å². The second-order valence-corrected chi connectivity index (χ2v) is 6.31. The summed E-state index contributed by atoms with van der Waals surface area (Å²) in [5.41, 5.74) is 1.23.